The van der Waals surface area contributed by atoms with Crippen molar-refractivity contribution >= 4 is 5.69 Å². The van der Waals surface area contributed by atoms with Crippen molar-refractivity contribution in [2.75, 3.05) is 11.9 Å². The van der Waals surface area contributed by atoms with Crippen LogP contribution in [0.1, 0.15) is 12.0 Å². The third kappa shape index (κ3) is 1.40. The van der Waals surface area contributed by atoms with Crippen LogP contribution in [0, 0.1) is 0 Å². The molecule has 82 valence electrons. The number of hydrogen-bond acceptors (Lipinski definition) is 2. The number of rotatable bonds is 1. The van der Waals surface area contributed by atoms with E-state index < -0.39 is 0 Å². The first-order valence-electron chi connectivity index (χ1n) is 5.70. The van der Waals surface area contributed by atoms with Crippen LogP contribution in [0.5, 0.6) is 0 Å². The zero-order valence-corrected chi connectivity index (χ0v) is 9.40. The van der Waals surface area contributed by atoms with Crippen LogP contribution in [0.15, 0.2) is 30.6 Å². The fourth-order valence-electron chi connectivity index (χ4n) is 2.34. The molecule has 1 aliphatic heterocycles. The number of benzene rings is 1. The molecule has 16 heavy (non-hydrogen) atoms. The van der Waals surface area contributed by atoms with Crippen molar-refractivity contribution in [3.05, 3.63) is 36.2 Å². The molecule has 0 saturated heterocycles. The highest BCUT2D eigenvalue weighted by molar-refractivity contribution is 5.71. The van der Waals surface area contributed by atoms with E-state index in [2.05, 4.69) is 33.1 Å². The number of hydrogen-bond donors (Lipinski definition) is 1. The quantitative estimate of drug-likeness (QED) is 0.788. The minimum absolute atomic E-state index is 1.06. The van der Waals surface area contributed by atoms with Gasteiger partial charge in [0.1, 0.15) is 5.82 Å². The van der Waals surface area contributed by atoms with Crippen molar-refractivity contribution in [2.45, 2.75) is 12.8 Å². The van der Waals surface area contributed by atoms with Crippen molar-refractivity contribution < 1.29 is 0 Å². The molecule has 1 aromatic heterocycles. The Hall–Kier alpha value is -1.77. The Bertz CT molecular complexity index is 514. The van der Waals surface area contributed by atoms with Gasteiger partial charge in [-0.3, -0.25) is 0 Å². The van der Waals surface area contributed by atoms with Gasteiger partial charge in [-0.2, -0.15) is 0 Å². The van der Waals surface area contributed by atoms with Gasteiger partial charge in [-0.25, -0.2) is 4.98 Å². The Kier molecular flexibility index (Phi) is 2.17. The molecule has 2 heterocycles. The Morgan fingerprint density at radius 2 is 2.31 bits per heavy atom. The molecule has 0 aliphatic carbocycles. The predicted molar refractivity (Wildman–Crippen MR) is 65.5 cm³/mol. The van der Waals surface area contributed by atoms with E-state index in [0.29, 0.717) is 0 Å². The molecule has 2 aromatic rings. The molecule has 0 fully saturated rings. The van der Waals surface area contributed by atoms with E-state index in [0.717, 1.165) is 18.8 Å². The lowest BCUT2D eigenvalue weighted by atomic mass is 9.97. The maximum Gasteiger partial charge on any atom is 0.139 e. The summed E-state index contributed by atoms with van der Waals surface area (Å²) in [7, 11) is 2.04. The third-order valence-corrected chi connectivity index (χ3v) is 3.16. The Morgan fingerprint density at radius 3 is 3.12 bits per heavy atom. The molecule has 0 radical (unpaired) electrons. The summed E-state index contributed by atoms with van der Waals surface area (Å²) in [4.78, 5) is 4.43. The molecule has 0 saturated carbocycles. The first-order valence-corrected chi connectivity index (χ1v) is 5.70. The van der Waals surface area contributed by atoms with Gasteiger partial charge in [-0.05, 0) is 24.5 Å². The van der Waals surface area contributed by atoms with Gasteiger partial charge in [-0.1, -0.05) is 12.1 Å². The Labute approximate surface area is 95.1 Å². The number of imidazole rings is 1. The van der Waals surface area contributed by atoms with Gasteiger partial charge in [0.15, 0.2) is 0 Å². The summed E-state index contributed by atoms with van der Waals surface area (Å²) in [5.74, 6) is 1.06. The second kappa shape index (κ2) is 3.67. The molecule has 3 rings (SSSR count). The average Bonchev–Trinajstić information content (AvgIpc) is 2.75. The van der Waals surface area contributed by atoms with Crippen LogP contribution in [0.4, 0.5) is 5.69 Å². The van der Waals surface area contributed by atoms with Crippen LogP contribution < -0.4 is 5.32 Å². The summed E-state index contributed by atoms with van der Waals surface area (Å²) in [6, 6.07) is 6.41. The minimum atomic E-state index is 1.06. The number of nitrogens with one attached hydrogen (secondary N) is 1. The van der Waals surface area contributed by atoms with Crippen molar-refractivity contribution in [3.63, 3.8) is 0 Å². The summed E-state index contributed by atoms with van der Waals surface area (Å²) in [5.41, 5.74) is 3.94. The zero-order chi connectivity index (χ0) is 11.0. The van der Waals surface area contributed by atoms with E-state index in [1.165, 1.54) is 23.2 Å². The van der Waals surface area contributed by atoms with E-state index in [-0.39, 0.29) is 0 Å². The highest BCUT2D eigenvalue weighted by Gasteiger charge is 2.15. The van der Waals surface area contributed by atoms with Crippen LogP contribution in [0.25, 0.3) is 11.4 Å². The van der Waals surface area contributed by atoms with Crippen molar-refractivity contribution in [2.24, 2.45) is 7.05 Å². The summed E-state index contributed by atoms with van der Waals surface area (Å²) in [6.45, 7) is 1.08. The number of anilines is 1. The van der Waals surface area contributed by atoms with Crippen molar-refractivity contribution in [3.8, 4) is 11.4 Å². The van der Waals surface area contributed by atoms with Crippen LogP contribution in [-0.4, -0.2) is 16.1 Å². The fraction of sp³-hybridized carbons (Fsp3) is 0.308. The number of fused-ring (bicyclic) bond motifs is 1. The summed E-state index contributed by atoms with van der Waals surface area (Å²) in [6.07, 6.45) is 6.19. The van der Waals surface area contributed by atoms with Gasteiger partial charge < -0.3 is 9.88 Å². The highest BCUT2D eigenvalue weighted by Crippen LogP contribution is 2.31. The van der Waals surface area contributed by atoms with Gasteiger partial charge in [0.25, 0.3) is 0 Å². The van der Waals surface area contributed by atoms with E-state index in [9.17, 15) is 0 Å². The monoisotopic (exact) mass is 213 g/mol. The van der Waals surface area contributed by atoms with Crippen molar-refractivity contribution in [1.82, 2.24) is 9.55 Å². The molecule has 0 amide bonds. The van der Waals surface area contributed by atoms with Gasteiger partial charge >= 0.3 is 0 Å². The molecule has 0 atom stereocenters. The molecule has 1 aromatic carbocycles. The predicted octanol–water partition coefficient (Wildman–Crippen LogP) is 2.45. The topological polar surface area (TPSA) is 29.9 Å². The standard InChI is InChI=1S/C13H15N3/c1-16-9-8-15-13(16)11-4-2-6-12-10(11)5-3-7-14-12/h2,4,6,8-9,14H,3,5,7H2,1H3. The van der Waals surface area contributed by atoms with Gasteiger partial charge in [-0.15, -0.1) is 0 Å². The summed E-state index contributed by atoms with van der Waals surface area (Å²) >= 11 is 0. The number of nitrogens with zero attached hydrogens (tertiary/aromatic N) is 2. The average molecular weight is 213 g/mol. The van der Waals surface area contributed by atoms with E-state index in [1.54, 1.807) is 0 Å². The highest BCUT2D eigenvalue weighted by atomic mass is 15.0. The van der Waals surface area contributed by atoms with E-state index >= 15 is 0 Å². The smallest absolute Gasteiger partial charge is 0.139 e. The number of aryl methyl sites for hydroxylation is 1. The lowest BCUT2D eigenvalue weighted by Gasteiger charge is -2.20. The molecule has 0 unspecified atom stereocenters. The zero-order valence-electron chi connectivity index (χ0n) is 9.40. The number of aromatic nitrogens is 2. The normalized spacial score (nSPS) is 14.3. The molecule has 3 heteroatoms. The molecule has 1 N–H and O–H groups in total. The maximum atomic E-state index is 4.43. The maximum absolute atomic E-state index is 4.43. The van der Waals surface area contributed by atoms with Crippen LogP contribution >= 0.6 is 0 Å². The van der Waals surface area contributed by atoms with Gasteiger partial charge in [0.2, 0.25) is 0 Å². The van der Waals surface area contributed by atoms with Crippen molar-refractivity contribution in [1.29, 1.82) is 0 Å². The second-order valence-electron chi connectivity index (χ2n) is 4.22. The Morgan fingerprint density at radius 1 is 1.38 bits per heavy atom. The fourth-order valence-corrected chi connectivity index (χ4v) is 2.34. The Balaban J connectivity index is 2.18. The molecule has 3 nitrogen and oxygen atoms in total. The van der Waals surface area contributed by atoms with Gasteiger partial charge in [0.05, 0.1) is 0 Å². The molecular weight excluding hydrogens is 198 g/mol. The molecular formula is C13H15N3. The first-order chi connectivity index (χ1) is 7.86. The van der Waals surface area contributed by atoms with Crippen LogP contribution in [0.3, 0.4) is 0 Å². The lowest BCUT2D eigenvalue weighted by molar-refractivity contribution is 0.827. The third-order valence-electron chi connectivity index (χ3n) is 3.16. The minimum Gasteiger partial charge on any atom is -0.385 e. The second-order valence-corrected chi connectivity index (χ2v) is 4.22. The summed E-state index contributed by atoms with van der Waals surface area (Å²) < 4.78 is 2.07. The molecule has 1 aliphatic rings. The first kappa shape index (κ1) is 9.46. The summed E-state index contributed by atoms with van der Waals surface area (Å²) in [5, 5.41) is 3.45. The molecule has 0 bridgehead atoms. The molecule has 0 spiro atoms. The largest absolute Gasteiger partial charge is 0.385 e. The van der Waals surface area contributed by atoms with E-state index in [1.807, 2.05) is 19.4 Å². The van der Waals surface area contributed by atoms with Crippen LogP contribution in [-0.2, 0) is 13.5 Å². The van der Waals surface area contributed by atoms with Crippen LogP contribution in [0.2, 0.25) is 0 Å². The lowest BCUT2D eigenvalue weighted by Crippen LogP contribution is -2.13. The van der Waals surface area contributed by atoms with E-state index in [4.69, 9.17) is 0 Å². The van der Waals surface area contributed by atoms with Gasteiger partial charge in [0, 0.05) is 37.2 Å². The SMILES string of the molecule is Cn1ccnc1-c1cccc2c1CCCN2.